The van der Waals surface area contributed by atoms with Crippen LogP contribution in [-0.2, 0) is 20.9 Å². The number of nitrogens with one attached hydrogen (secondary N) is 1. The lowest BCUT2D eigenvalue weighted by Gasteiger charge is -2.28. The number of benzene rings is 1. The lowest BCUT2D eigenvalue weighted by Crippen LogP contribution is -2.52. The van der Waals surface area contributed by atoms with Gasteiger partial charge in [-0.25, -0.2) is 13.6 Å². The van der Waals surface area contributed by atoms with E-state index in [0.29, 0.717) is 0 Å². The second kappa shape index (κ2) is 10.2. The first-order valence-corrected chi connectivity index (χ1v) is 11.3. The second-order valence-corrected chi connectivity index (χ2v) is 8.69. The van der Waals surface area contributed by atoms with Crippen LogP contribution in [0.3, 0.4) is 0 Å². The Hall–Kier alpha value is -3.64. The van der Waals surface area contributed by atoms with E-state index in [1.54, 1.807) is 0 Å². The molecule has 1 saturated heterocycles. The number of fused-ring (bicyclic) bond motifs is 1. The van der Waals surface area contributed by atoms with Gasteiger partial charge in [-0.3, -0.25) is 19.3 Å². The minimum Gasteiger partial charge on any atom is -0.476 e. The molecule has 1 fully saturated rings. The summed E-state index contributed by atoms with van der Waals surface area (Å²) in [7, 11) is 1.22. The number of carbonyl (C=O) groups excluding carboxylic acids is 2. The van der Waals surface area contributed by atoms with Gasteiger partial charge in [0, 0.05) is 24.3 Å². The number of carboxylic acid groups (broad SMARTS) is 1. The molecule has 0 radical (unpaired) electrons. The normalized spacial score (nSPS) is 20.5. The van der Waals surface area contributed by atoms with E-state index in [1.807, 2.05) is 0 Å². The van der Waals surface area contributed by atoms with Gasteiger partial charge in [0.2, 0.25) is 11.8 Å². The Kier molecular flexibility index (Phi) is 7.18. The maximum absolute atomic E-state index is 14.8. The molecule has 2 amide bonds. The lowest BCUT2D eigenvalue weighted by molar-refractivity contribution is -0.142. The third-order valence-electron chi connectivity index (χ3n) is 6.08. The van der Waals surface area contributed by atoms with Gasteiger partial charge in [-0.05, 0) is 19.1 Å². The fraction of sp³-hybridized carbons (Fsp3) is 0.348. The monoisotopic (exact) mass is 521 g/mol. The van der Waals surface area contributed by atoms with Crippen molar-refractivity contribution in [1.29, 1.82) is 0 Å². The van der Waals surface area contributed by atoms with Crippen molar-refractivity contribution in [2.24, 2.45) is 0 Å². The zero-order valence-corrected chi connectivity index (χ0v) is 19.9. The average Bonchev–Trinajstić information content (AvgIpc) is 3.38. The van der Waals surface area contributed by atoms with Gasteiger partial charge >= 0.3 is 5.97 Å². The number of halogens is 3. The summed E-state index contributed by atoms with van der Waals surface area (Å²) in [6.45, 7) is 0.623. The van der Waals surface area contributed by atoms with E-state index < -0.39 is 61.0 Å². The van der Waals surface area contributed by atoms with Gasteiger partial charge < -0.3 is 20.1 Å². The van der Waals surface area contributed by atoms with Crippen LogP contribution >= 0.6 is 11.6 Å². The Labute approximate surface area is 208 Å². The predicted octanol–water partition coefficient (Wildman–Crippen LogP) is 2.36. The summed E-state index contributed by atoms with van der Waals surface area (Å²) in [5.74, 6) is -3.43. The molecule has 0 spiro atoms. The molecule has 3 aromatic rings. The third kappa shape index (κ3) is 4.61. The molecule has 1 aliphatic rings. The SMILES string of the molecule is CO[C@H]1[C@@H](C(=O)N[C@H](C)c2cccc(Cl)c2F)N(C(=O)Cn2nc(C(=O)O)c3ccncc32)C[C@@H]1F. The molecule has 2 N–H and O–H groups in total. The van der Waals surface area contributed by atoms with Crippen molar-refractivity contribution in [3.05, 3.63) is 58.8 Å². The van der Waals surface area contributed by atoms with Crippen LogP contribution in [0.15, 0.2) is 36.7 Å². The van der Waals surface area contributed by atoms with E-state index >= 15 is 0 Å². The van der Waals surface area contributed by atoms with Crippen LogP contribution in [0.25, 0.3) is 10.9 Å². The van der Waals surface area contributed by atoms with Crippen molar-refractivity contribution in [3.63, 3.8) is 0 Å². The summed E-state index contributed by atoms with van der Waals surface area (Å²) in [6.07, 6.45) is -0.188. The standard InChI is InChI=1S/C23H22ClF2N5O5/c1-11(12-4-3-5-14(24)18(12)26)28-22(33)20-21(36-2)15(25)9-30(20)17(32)10-31-16-8-27-7-6-13(16)19(29-31)23(34)35/h3-8,11,15,20-21H,9-10H2,1-2H3,(H,28,33)(H,34,35)/t11-,15+,20+,21-/m1/s1. The summed E-state index contributed by atoms with van der Waals surface area (Å²) in [5, 5.41) is 16.2. The van der Waals surface area contributed by atoms with Gasteiger partial charge in [-0.15, -0.1) is 0 Å². The number of amides is 2. The van der Waals surface area contributed by atoms with Gasteiger partial charge in [-0.1, -0.05) is 23.7 Å². The number of aromatic carboxylic acids is 1. The number of ether oxygens (including phenoxy) is 1. The average molecular weight is 522 g/mol. The van der Waals surface area contributed by atoms with Crippen molar-refractivity contribution in [1.82, 2.24) is 25.0 Å². The van der Waals surface area contributed by atoms with Crippen molar-refractivity contribution >= 4 is 40.3 Å². The van der Waals surface area contributed by atoms with E-state index in [9.17, 15) is 28.3 Å². The number of aromatic nitrogens is 3. The maximum atomic E-state index is 14.8. The summed E-state index contributed by atoms with van der Waals surface area (Å²) in [6, 6.07) is 3.59. The molecule has 4 atom stereocenters. The molecule has 13 heteroatoms. The first-order chi connectivity index (χ1) is 17.1. The molecule has 3 heterocycles. The molecule has 0 aliphatic carbocycles. The Morgan fingerprint density at radius 3 is 2.78 bits per heavy atom. The van der Waals surface area contributed by atoms with Gasteiger partial charge in [0.1, 0.15) is 30.7 Å². The molecule has 4 rings (SSSR count). The van der Waals surface area contributed by atoms with E-state index in [2.05, 4.69) is 15.4 Å². The van der Waals surface area contributed by atoms with Crippen molar-refractivity contribution in [2.75, 3.05) is 13.7 Å². The third-order valence-corrected chi connectivity index (χ3v) is 6.38. The molecular formula is C23H22ClF2N5O5. The molecule has 0 saturated carbocycles. The number of pyridine rings is 1. The fourth-order valence-corrected chi connectivity index (χ4v) is 4.54. The largest absolute Gasteiger partial charge is 0.476 e. The van der Waals surface area contributed by atoms with E-state index in [0.717, 1.165) is 9.58 Å². The Bertz CT molecular complexity index is 1340. The van der Waals surface area contributed by atoms with Crippen LogP contribution in [0.5, 0.6) is 0 Å². The van der Waals surface area contributed by atoms with Crippen molar-refractivity contribution in [3.8, 4) is 0 Å². The van der Waals surface area contributed by atoms with Crippen LogP contribution in [0.1, 0.15) is 29.0 Å². The van der Waals surface area contributed by atoms with Crippen LogP contribution in [-0.4, -0.2) is 74.5 Å². The first-order valence-electron chi connectivity index (χ1n) is 10.9. The minimum atomic E-state index is -1.67. The number of carboxylic acids is 1. The highest BCUT2D eigenvalue weighted by Crippen LogP contribution is 2.28. The number of rotatable bonds is 7. The number of methoxy groups -OCH3 is 1. The summed E-state index contributed by atoms with van der Waals surface area (Å²) >= 11 is 5.83. The van der Waals surface area contributed by atoms with Gasteiger partial charge in [0.15, 0.2) is 5.69 Å². The number of alkyl halides is 1. The Morgan fingerprint density at radius 1 is 1.33 bits per heavy atom. The number of hydrogen-bond acceptors (Lipinski definition) is 6. The lowest BCUT2D eigenvalue weighted by atomic mass is 10.1. The highest BCUT2D eigenvalue weighted by atomic mass is 35.5. The van der Waals surface area contributed by atoms with Crippen LogP contribution < -0.4 is 5.32 Å². The quantitative estimate of drug-likeness (QED) is 0.488. The molecule has 0 unspecified atom stereocenters. The summed E-state index contributed by atoms with van der Waals surface area (Å²) in [5.41, 5.74) is 0.134. The molecular weight excluding hydrogens is 500 g/mol. The van der Waals surface area contributed by atoms with Crippen LogP contribution in [0.2, 0.25) is 5.02 Å². The highest BCUT2D eigenvalue weighted by Gasteiger charge is 2.49. The van der Waals surface area contributed by atoms with Crippen LogP contribution in [0, 0.1) is 5.82 Å². The summed E-state index contributed by atoms with van der Waals surface area (Å²) in [4.78, 5) is 42.9. The topological polar surface area (TPSA) is 127 Å². The number of nitrogens with zero attached hydrogens (tertiary/aromatic N) is 4. The number of hydrogen-bond donors (Lipinski definition) is 2. The molecule has 10 nitrogen and oxygen atoms in total. The minimum absolute atomic E-state index is 0.119. The summed E-state index contributed by atoms with van der Waals surface area (Å²) < 4.78 is 35.6. The number of likely N-dealkylation sites (tertiary alicyclic amines) is 1. The zero-order chi connectivity index (χ0) is 26.1. The van der Waals surface area contributed by atoms with E-state index in [-0.39, 0.29) is 27.2 Å². The Morgan fingerprint density at radius 2 is 2.08 bits per heavy atom. The van der Waals surface area contributed by atoms with E-state index in [1.165, 1.54) is 50.7 Å². The van der Waals surface area contributed by atoms with Crippen molar-refractivity contribution in [2.45, 2.75) is 37.8 Å². The van der Waals surface area contributed by atoms with Crippen molar-refractivity contribution < 1.29 is 33.0 Å². The maximum Gasteiger partial charge on any atom is 0.357 e. The van der Waals surface area contributed by atoms with Gasteiger partial charge in [-0.2, -0.15) is 5.10 Å². The van der Waals surface area contributed by atoms with E-state index in [4.69, 9.17) is 16.3 Å². The molecule has 190 valence electrons. The highest BCUT2D eigenvalue weighted by molar-refractivity contribution is 6.30. The predicted molar refractivity (Wildman–Crippen MR) is 124 cm³/mol. The Balaban J connectivity index is 1.59. The molecule has 1 aromatic carbocycles. The second-order valence-electron chi connectivity index (χ2n) is 8.28. The van der Waals surface area contributed by atoms with Gasteiger partial charge in [0.05, 0.1) is 29.3 Å². The van der Waals surface area contributed by atoms with Gasteiger partial charge in [0.25, 0.3) is 0 Å². The molecule has 36 heavy (non-hydrogen) atoms. The first kappa shape index (κ1) is 25.5. The molecule has 1 aliphatic heterocycles. The fourth-order valence-electron chi connectivity index (χ4n) is 4.35. The molecule has 0 bridgehead atoms. The van der Waals surface area contributed by atoms with Crippen LogP contribution in [0.4, 0.5) is 8.78 Å². The molecule has 2 aromatic heterocycles. The smallest absolute Gasteiger partial charge is 0.357 e. The zero-order valence-electron chi connectivity index (χ0n) is 19.2. The number of carbonyl (C=O) groups is 3.